The summed E-state index contributed by atoms with van der Waals surface area (Å²) in [5, 5.41) is 7.06. The molecule has 0 aliphatic carbocycles. The summed E-state index contributed by atoms with van der Waals surface area (Å²) >= 11 is 0. The van der Waals surface area contributed by atoms with Crippen LogP contribution in [0.4, 0.5) is 5.69 Å². The molecular weight excluding hydrogens is 340 g/mol. The van der Waals surface area contributed by atoms with Crippen LogP contribution < -0.4 is 15.6 Å². The second kappa shape index (κ2) is 8.31. The number of aromatic nitrogens is 2. The number of amides is 1. The number of anilines is 1. The van der Waals surface area contributed by atoms with Gasteiger partial charge in [0.25, 0.3) is 5.91 Å². The minimum Gasteiger partial charge on any atom is -0.373 e. The maximum atomic E-state index is 12.5. The molecule has 3 aromatic rings. The highest BCUT2D eigenvalue weighted by Crippen LogP contribution is 2.10. The van der Waals surface area contributed by atoms with Crippen LogP contribution in [0.5, 0.6) is 0 Å². The van der Waals surface area contributed by atoms with Crippen molar-refractivity contribution in [2.75, 3.05) is 25.0 Å². The highest BCUT2D eigenvalue weighted by atomic mass is 16.2. The first-order chi connectivity index (χ1) is 13.1. The predicted molar refractivity (Wildman–Crippen MR) is 107 cm³/mol. The minimum atomic E-state index is -0.467. The lowest BCUT2D eigenvalue weighted by Crippen LogP contribution is -2.36. The first-order valence-electron chi connectivity index (χ1n) is 8.77. The van der Waals surface area contributed by atoms with Crippen LogP contribution in [0.2, 0.25) is 0 Å². The van der Waals surface area contributed by atoms with Gasteiger partial charge in [0.15, 0.2) is 5.69 Å². The number of nitrogens with one attached hydrogen (secondary N) is 1. The Morgan fingerprint density at radius 1 is 1.07 bits per heavy atom. The van der Waals surface area contributed by atoms with Gasteiger partial charge in [-0.2, -0.15) is 5.10 Å². The van der Waals surface area contributed by atoms with Gasteiger partial charge in [-0.25, -0.2) is 4.68 Å². The molecule has 1 heterocycles. The third kappa shape index (κ3) is 4.41. The van der Waals surface area contributed by atoms with E-state index in [1.807, 2.05) is 72.6 Å². The first kappa shape index (κ1) is 18.4. The van der Waals surface area contributed by atoms with Crippen LogP contribution in [0.3, 0.4) is 0 Å². The predicted octanol–water partition coefficient (Wildman–Crippen LogP) is 2.41. The summed E-state index contributed by atoms with van der Waals surface area (Å²) in [5.74, 6) is -0.467. The van der Waals surface area contributed by atoms with E-state index in [-0.39, 0.29) is 11.1 Å². The van der Waals surface area contributed by atoms with Crippen molar-refractivity contribution in [1.82, 2.24) is 15.1 Å². The number of nitrogens with zero attached hydrogens (tertiary/aromatic N) is 3. The number of carbonyl (C=O) groups excluding carboxylic acids is 1. The second-order valence-corrected chi connectivity index (χ2v) is 6.26. The van der Waals surface area contributed by atoms with Gasteiger partial charge in [-0.3, -0.25) is 9.59 Å². The molecule has 1 aromatic heterocycles. The number of likely N-dealkylation sites (N-methyl/N-ethyl adjacent to an activating group) is 1. The Balaban J connectivity index is 1.70. The lowest BCUT2D eigenvalue weighted by Gasteiger charge is -2.19. The Hall–Kier alpha value is -3.41. The zero-order valence-electron chi connectivity index (χ0n) is 15.4. The largest absolute Gasteiger partial charge is 0.373 e. The van der Waals surface area contributed by atoms with Crippen molar-refractivity contribution >= 4 is 11.6 Å². The standard InChI is InChI=1S/C21H22N4O2/c1-16-15-19(26)20(23-25(16)18-11-7-4-8-12-18)21(27)22-13-14-24(2)17-9-5-3-6-10-17/h3-12,15H,13-14H2,1-2H3,(H,22,27). The molecule has 0 radical (unpaired) electrons. The van der Waals surface area contributed by atoms with Gasteiger partial charge in [0.2, 0.25) is 5.43 Å². The Morgan fingerprint density at radius 2 is 1.70 bits per heavy atom. The normalized spacial score (nSPS) is 10.4. The fourth-order valence-corrected chi connectivity index (χ4v) is 2.77. The fourth-order valence-electron chi connectivity index (χ4n) is 2.77. The number of benzene rings is 2. The lowest BCUT2D eigenvalue weighted by atomic mass is 10.2. The summed E-state index contributed by atoms with van der Waals surface area (Å²) in [6.07, 6.45) is 0. The Bertz CT molecular complexity index is 968. The van der Waals surface area contributed by atoms with E-state index in [4.69, 9.17) is 0 Å². The van der Waals surface area contributed by atoms with Crippen LogP contribution in [-0.2, 0) is 0 Å². The van der Waals surface area contributed by atoms with Crippen LogP contribution in [0.25, 0.3) is 5.69 Å². The molecular formula is C21H22N4O2. The molecule has 0 spiro atoms. The molecule has 138 valence electrons. The van der Waals surface area contributed by atoms with E-state index in [1.165, 1.54) is 6.07 Å². The molecule has 6 heteroatoms. The van der Waals surface area contributed by atoms with Crippen LogP contribution >= 0.6 is 0 Å². The van der Waals surface area contributed by atoms with Gasteiger partial charge < -0.3 is 10.2 Å². The van der Waals surface area contributed by atoms with Crippen LogP contribution in [0, 0.1) is 6.92 Å². The molecule has 0 aliphatic heterocycles. The van der Waals surface area contributed by atoms with Crippen molar-refractivity contribution in [2.45, 2.75) is 6.92 Å². The summed E-state index contributed by atoms with van der Waals surface area (Å²) in [4.78, 5) is 26.7. The van der Waals surface area contributed by atoms with E-state index >= 15 is 0 Å². The van der Waals surface area contributed by atoms with E-state index < -0.39 is 5.91 Å². The topological polar surface area (TPSA) is 67.2 Å². The molecule has 0 aliphatic rings. The van der Waals surface area contributed by atoms with Gasteiger partial charge in [-0.05, 0) is 31.2 Å². The SMILES string of the molecule is Cc1cc(=O)c(C(=O)NCCN(C)c2ccccc2)nn1-c1ccccc1. The third-order valence-corrected chi connectivity index (χ3v) is 4.25. The number of carbonyl (C=O) groups is 1. The molecule has 3 rings (SSSR count). The van der Waals surface area contributed by atoms with Gasteiger partial charge in [0.05, 0.1) is 5.69 Å². The van der Waals surface area contributed by atoms with Crippen LogP contribution in [0.1, 0.15) is 16.2 Å². The van der Waals surface area contributed by atoms with Gasteiger partial charge in [0, 0.05) is 37.6 Å². The van der Waals surface area contributed by atoms with Crippen molar-refractivity contribution in [3.8, 4) is 5.69 Å². The highest BCUT2D eigenvalue weighted by molar-refractivity contribution is 5.92. The van der Waals surface area contributed by atoms with Crippen molar-refractivity contribution in [2.24, 2.45) is 0 Å². The van der Waals surface area contributed by atoms with E-state index in [9.17, 15) is 9.59 Å². The Labute approximate surface area is 158 Å². The smallest absolute Gasteiger partial charge is 0.275 e. The Morgan fingerprint density at radius 3 is 2.37 bits per heavy atom. The molecule has 1 amide bonds. The molecule has 6 nitrogen and oxygen atoms in total. The van der Waals surface area contributed by atoms with Gasteiger partial charge in [0.1, 0.15) is 0 Å². The zero-order valence-corrected chi connectivity index (χ0v) is 15.4. The fraction of sp³-hybridized carbons (Fsp3) is 0.190. The molecule has 0 saturated heterocycles. The summed E-state index contributed by atoms with van der Waals surface area (Å²) in [6.45, 7) is 2.82. The van der Waals surface area contributed by atoms with Crippen LogP contribution in [0.15, 0.2) is 71.5 Å². The minimum absolute atomic E-state index is 0.105. The first-order valence-corrected chi connectivity index (χ1v) is 8.77. The molecule has 2 aromatic carbocycles. The van der Waals surface area contributed by atoms with E-state index in [2.05, 4.69) is 10.4 Å². The van der Waals surface area contributed by atoms with Crippen molar-refractivity contribution in [3.63, 3.8) is 0 Å². The molecule has 27 heavy (non-hydrogen) atoms. The average molecular weight is 362 g/mol. The molecule has 0 atom stereocenters. The maximum absolute atomic E-state index is 12.5. The zero-order chi connectivity index (χ0) is 19.2. The second-order valence-electron chi connectivity index (χ2n) is 6.26. The number of hydrogen-bond acceptors (Lipinski definition) is 4. The number of rotatable bonds is 6. The molecule has 0 saturated carbocycles. The summed E-state index contributed by atoms with van der Waals surface area (Å²) < 4.78 is 1.60. The van der Waals surface area contributed by atoms with Crippen LogP contribution in [-0.4, -0.2) is 35.8 Å². The summed E-state index contributed by atoms with van der Waals surface area (Å²) in [7, 11) is 1.95. The maximum Gasteiger partial charge on any atom is 0.275 e. The molecule has 0 bridgehead atoms. The lowest BCUT2D eigenvalue weighted by molar-refractivity contribution is 0.0947. The van der Waals surface area contributed by atoms with E-state index in [1.54, 1.807) is 11.6 Å². The number of hydrogen-bond donors (Lipinski definition) is 1. The van der Waals surface area contributed by atoms with Gasteiger partial charge >= 0.3 is 0 Å². The molecule has 0 fully saturated rings. The third-order valence-electron chi connectivity index (χ3n) is 4.25. The van der Waals surface area contributed by atoms with Crippen molar-refractivity contribution in [1.29, 1.82) is 0 Å². The number of para-hydroxylation sites is 2. The molecule has 1 N–H and O–H groups in total. The number of aryl methyl sites for hydroxylation is 1. The summed E-state index contributed by atoms with van der Waals surface area (Å²) in [6, 6.07) is 20.7. The van der Waals surface area contributed by atoms with Crippen molar-refractivity contribution < 1.29 is 4.79 Å². The highest BCUT2D eigenvalue weighted by Gasteiger charge is 2.15. The summed E-state index contributed by atoms with van der Waals surface area (Å²) in [5.41, 5.74) is 2.05. The van der Waals surface area contributed by atoms with Gasteiger partial charge in [-0.1, -0.05) is 36.4 Å². The van der Waals surface area contributed by atoms with Crippen molar-refractivity contribution in [3.05, 3.63) is 88.3 Å². The quantitative estimate of drug-likeness (QED) is 0.731. The molecule has 0 unspecified atom stereocenters. The van der Waals surface area contributed by atoms with E-state index in [0.717, 1.165) is 11.4 Å². The Kier molecular flexibility index (Phi) is 5.66. The monoisotopic (exact) mass is 362 g/mol. The average Bonchev–Trinajstić information content (AvgIpc) is 2.69. The van der Waals surface area contributed by atoms with Gasteiger partial charge in [-0.15, -0.1) is 0 Å². The van der Waals surface area contributed by atoms with E-state index in [0.29, 0.717) is 18.8 Å².